The second kappa shape index (κ2) is 8.72. The van der Waals surface area contributed by atoms with Gasteiger partial charge in [-0.2, -0.15) is 0 Å². The van der Waals surface area contributed by atoms with Crippen molar-refractivity contribution in [2.45, 2.75) is 58.0 Å². The lowest BCUT2D eigenvalue weighted by atomic mass is 9.85. The molecule has 1 aliphatic carbocycles. The standard InChI is InChI=1S/C19H28ClNO3/c1-12(2)10-17(16-11-14(20)6-9-18(16)24-3)21-15-7-4-13(5-8-15)19(22)23/h6,9,11-13,15,17,21H,4-5,7-8,10H2,1-3H3,(H,22,23). The van der Waals surface area contributed by atoms with Gasteiger partial charge in [-0.3, -0.25) is 4.79 Å². The Morgan fingerprint density at radius 1 is 1.33 bits per heavy atom. The number of benzene rings is 1. The van der Waals surface area contributed by atoms with Gasteiger partial charge in [0.2, 0.25) is 0 Å². The van der Waals surface area contributed by atoms with Crippen molar-refractivity contribution in [3.8, 4) is 5.75 Å². The second-order valence-electron chi connectivity index (χ2n) is 7.12. The molecule has 0 aromatic heterocycles. The van der Waals surface area contributed by atoms with Crippen LogP contribution in [0.2, 0.25) is 5.02 Å². The summed E-state index contributed by atoms with van der Waals surface area (Å²) in [6.07, 6.45) is 4.26. The van der Waals surface area contributed by atoms with Crippen molar-refractivity contribution in [2.75, 3.05) is 7.11 Å². The van der Waals surface area contributed by atoms with Crippen molar-refractivity contribution >= 4 is 17.6 Å². The van der Waals surface area contributed by atoms with Crippen LogP contribution in [0.3, 0.4) is 0 Å². The number of halogens is 1. The maximum atomic E-state index is 11.1. The predicted molar refractivity (Wildman–Crippen MR) is 96.7 cm³/mol. The molecule has 134 valence electrons. The molecule has 0 aliphatic heterocycles. The van der Waals surface area contributed by atoms with Gasteiger partial charge in [-0.1, -0.05) is 25.4 Å². The molecule has 1 atom stereocenters. The number of carbonyl (C=O) groups is 1. The Hall–Kier alpha value is -1.26. The van der Waals surface area contributed by atoms with Crippen LogP contribution in [0, 0.1) is 11.8 Å². The molecule has 0 amide bonds. The highest BCUT2D eigenvalue weighted by molar-refractivity contribution is 6.30. The molecule has 0 bridgehead atoms. The van der Waals surface area contributed by atoms with Gasteiger partial charge in [0.15, 0.2) is 0 Å². The highest BCUT2D eigenvalue weighted by Gasteiger charge is 2.28. The zero-order chi connectivity index (χ0) is 17.7. The van der Waals surface area contributed by atoms with Crippen LogP contribution < -0.4 is 10.1 Å². The summed E-state index contributed by atoms with van der Waals surface area (Å²) in [6.45, 7) is 4.40. The molecule has 4 nitrogen and oxygen atoms in total. The maximum absolute atomic E-state index is 11.1. The van der Waals surface area contributed by atoms with E-state index in [0.717, 1.165) is 43.4 Å². The monoisotopic (exact) mass is 353 g/mol. The molecular weight excluding hydrogens is 326 g/mol. The minimum absolute atomic E-state index is 0.157. The number of carboxylic acids is 1. The molecule has 1 aromatic carbocycles. The molecule has 0 saturated heterocycles. The molecule has 0 radical (unpaired) electrons. The topological polar surface area (TPSA) is 58.6 Å². The molecule has 2 N–H and O–H groups in total. The molecule has 0 heterocycles. The van der Waals surface area contributed by atoms with E-state index in [9.17, 15) is 4.79 Å². The second-order valence-corrected chi connectivity index (χ2v) is 7.56. The Labute approximate surface area is 149 Å². The summed E-state index contributed by atoms with van der Waals surface area (Å²) in [4.78, 5) is 11.1. The van der Waals surface area contributed by atoms with E-state index in [1.165, 1.54) is 0 Å². The fourth-order valence-corrected chi connectivity index (χ4v) is 3.71. The summed E-state index contributed by atoms with van der Waals surface area (Å²) < 4.78 is 5.52. The van der Waals surface area contributed by atoms with Crippen molar-refractivity contribution in [3.63, 3.8) is 0 Å². The highest BCUT2D eigenvalue weighted by atomic mass is 35.5. The zero-order valence-corrected chi connectivity index (χ0v) is 15.5. The Morgan fingerprint density at radius 2 is 2.00 bits per heavy atom. The van der Waals surface area contributed by atoms with Crippen LogP contribution in [0.4, 0.5) is 0 Å². The highest BCUT2D eigenvalue weighted by Crippen LogP contribution is 2.34. The van der Waals surface area contributed by atoms with Gasteiger partial charge in [0.05, 0.1) is 13.0 Å². The summed E-state index contributed by atoms with van der Waals surface area (Å²) in [6, 6.07) is 6.23. The molecule has 5 heteroatoms. The van der Waals surface area contributed by atoms with Gasteiger partial charge in [-0.25, -0.2) is 0 Å². The molecule has 24 heavy (non-hydrogen) atoms. The van der Waals surface area contributed by atoms with Gasteiger partial charge in [0, 0.05) is 22.7 Å². The van der Waals surface area contributed by atoms with Crippen LogP contribution in [0.5, 0.6) is 5.75 Å². The molecular formula is C19H28ClNO3. The van der Waals surface area contributed by atoms with Crippen LogP contribution in [0.25, 0.3) is 0 Å². The maximum Gasteiger partial charge on any atom is 0.306 e. The fraction of sp³-hybridized carbons (Fsp3) is 0.632. The summed E-state index contributed by atoms with van der Waals surface area (Å²) in [5, 5.41) is 13.6. The first-order valence-electron chi connectivity index (χ1n) is 8.73. The minimum Gasteiger partial charge on any atom is -0.496 e. The van der Waals surface area contributed by atoms with Crippen molar-refractivity contribution < 1.29 is 14.6 Å². The lowest BCUT2D eigenvalue weighted by Gasteiger charge is -2.32. The molecule has 1 unspecified atom stereocenters. The van der Waals surface area contributed by atoms with Crippen LogP contribution >= 0.6 is 11.6 Å². The van der Waals surface area contributed by atoms with E-state index in [1.54, 1.807) is 7.11 Å². The lowest BCUT2D eigenvalue weighted by molar-refractivity contribution is -0.142. The molecule has 1 aliphatic rings. The first kappa shape index (κ1) is 19.1. The molecule has 1 saturated carbocycles. The first-order valence-corrected chi connectivity index (χ1v) is 9.10. The van der Waals surface area contributed by atoms with Crippen LogP contribution in [-0.4, -0.2) is 24.2 Å². The number of hydrogen-bond donors (Lipinski definition) is 2. The van der Waals surface area contributed by atoms with E-state index in [4.69, 9.17) is 21.4 Å². The largest absolute Gasteiger partial charge is 0.496 e. The SMILES string of the molecule is COc1ccc(Cl)cc1C(CC(C)C)NC1CCC(C(=O)O)CC1. The zero-order valence-electron chi connectivity index (χ0n) is 14.7. The minimum atomic E-state index is -0.663. The third-order valence-corrected chi connectivity index (χ3v) is 5.02. The van der Waals surface area contributed by atoms with Gasteiger partial charge >= 0.3 is 5.97 Å². The van der Waals surface area contributed by atoms with Crippen LogP contribution in [0.1, 0.15) is 57.6 Å². The Bertz CT molecular complexity index is 554. The number of ether oxygens (including phenoxy) is 1. The van der Waals surface area contributed by atoms with Crippen molar-refractivity contribution in [2.24, 2.45) is 11.8 Å². The number of rotatable bonds is 7. The van der Waals surface area contributed by atoms with E-state index < -0.39 is 5.97 Å². The molecule has 0 spiro atoms. The lowest BCUT2D eigenvalue weighted by Crippen LogP contribution is -2.38. The fourth-order valence-electron chi connectivity index (χ4n) is 3.53. The summed E-state index contributed by atoms with van der Waals surface area (Å²) in [5.41, 5.74) is 1.08. The number of methoxy groups -OCH3 is 1. The Morgan fingerprint density at radius 3 is 2.54 bits per heavy atom. The van der Waals surface area contributed by atoms with Gasteiger partial charge in [-0.05, 0) is 56.2 Å². The van der Waals surface area contributed by atoms with Crippen molar-refractivity contribution in [1.82, 2.24) is 5.32 Å². The predicted octanol–water partition coefficient (Wildman–Crippen LogP) is 4.67. The van der Waals surface area contributed by atoms with E-state index >= 15 is 0 Å². The smallest absolute Gasteiger partial charge is 0.306 e. The Balaban J connectivity index is 2.12. The van der Waals surface area contributed by atoms with E-state index in [-0.39, 0.29) is 12.0 Å². The molecule has 2 rings (SSSR count). The Kier molecular flexibility index (Phi) is 6.93. The number of carboxylic acid groups (broad SMARTS) is 1. The van der Waals surface area contributed by atoms with E-state index in [1.807, 2.05) is 18.2 Å². The third-order valence-electron chi connectivity index (χ3n) is 4.79. The number of hydrogen-bond acceptors (Lipinski definition) is 3. The van der Waals surface area contributed by atoms with Gasteiger partial charge < -0.3 is 15.2 Å². The molecule has 1 fully saturated rings. The summed E-state index contributed by atoms with van der Waals surface area (Å²) >= 11 is 6.20. The van der Waals surface area contributed by atoms with Crippen molar-refractivity contribution in [3.05, 3.63) is 28.8 Å². The average molecular weight is 354 g/mol. The van der Waals surface area contributed by atoms with Gasteiger partial charge in [0.1, 0.15) is 5.75 Å². The van der Waals surface area contributed by atoms with Gasteiger partial charge in [-0.15, -0.1) is 0 Å². The van der Waals surface area contributed by atoms with Gasteiger partial charge in [0.25, 0.3) is 0 Å². The average Bonchev–Trinajstić information content (AvgIpc) is 2.54. The van der Waals surface area contributed by atoms with E-state index in [0.29, 0.717) is 17.0 Å². The normalized spacial score (nSPS) is 22.4. The third kappa shape index (κ3) is 5.12. The van der Waals surface area contributed by atoms with Crippen LogP contribution in [0.15, 0.2) is 18.2 Å². The van der Waals surface area contributed by atoms with Crippen molar-refractivity contribution in [1.29, 1.82) is 0 Å². The quantitative estimate of drug-likeness (QED) is 0.747. The first-order chi connectivity index (χ1) is 11.4. The number of aliphatic carboxylic acids is 1. The van der Waals surface area contributed by atoms with Crippen LogP contribution in [-0.2, 0) is 4.79 Å². The molecule has 1 aromatic rings. The number of nitrogens with one attached hydrogen (secondary N) is 1. The summed E-state index contributed by atoms with van der Waals surface area (Å²) in [5.74, 6) is 0.523. The van der Waals surface area contributed by atoms with E-state index in [2.05, 4.69) is 19.2 Å². The summed E-state index contributed by atoms with van der Waals surface area (Å²) in [7, 11) is 1.68.